The van der Waals surface area contributed by atoms with Crippen LogP contribution >= 0.6 is 0 Å². The lowest BCUT2D eigenvalue weighted by atomic mass is 9.83. The molecule has 1 aromatic heterocycles. The summed E-state index contributed by atoms with van der Waals surface area (Å²) in [5.74, 6) is 0. The Morgan fingerprint density at radius 2 is 1.92 bits per heavy atom. The van der Waals surface area contributed by atoms with Crippen LogP contribution in [0.3, 0.4) is 0 Å². The number of pyridine rings is 1. The summed E-state index contributed by atoms with van der Waals surface area (Å²) in [5, 5.41) is 10.8. The molecular formula is C21H20N2O. The fourth-order valence-electron chi connectivity index (χ4n) is 3.47. The van der Waals surface area contributed by atoms with Crippen LogP contribution in [0, 0.1) is 0 Å². The normalized spacial score (nSPS) is 15.9. The molecule has 24 heavy (non-hydrogen) atoms. The summed E-state index contributed by atoms with van der Waals surface area (Å²) in [6, 6.07) is 16.4. The molecule has 0 bridgehead atoms. The van der Waals surface area contributed by atoms with Crippen LogP contribution in [0.15, 0.2) is 59.7 Å². The van der Waals surface area contributed by atoms with Crippen molar-refractivity contribution >= 4 is 16.6 Å². The van der Waals surface area contributed by atoms with Crippen LogP contribution in [0.1, 0.15) is 36.1 Å². The summed E-state index contributed by atoms with van der Waals surface area (Å²) in [7, 11) is 0. The van der Waals surface area contributed by atoms with Crippen molar-refractivity contribution in [3.05, 3.63) is 77.0 Å². The quantitative estimate of drug-likeness (QED) is 0.779. The van der Waals surface area contributed by atoms with Crippen molar-refractivity contribution in [1.29, 1.82) is 0 Å². The van der Waals surface area contributed by atoms with Crippen LogP contribution in [-0.2, 0) is 13.0 Å². The average Bonchev–Trinajstić information content (AvgIpc) is 2.59. The summed E-state index contributed by atoms with van der Waals surface area (Å²) < 4.78 is 0. The number of aliphatic hydroxyl groups excluding tert-OH is 1. The molecule has 0 amide bonds. The van der Waals surface area contributed by atoms with Gasteiger partial charge in [-0.25, -0.2) is 0 Å². The molecule has 0 spiro atoms. The summed E-state index contributed by atoms with van der Waals surface area (Å²) in [4.78, 5) is 9.59. The standard InChI is InChI=1S/C21H20N2O/c1-21(2)11-18-15(13-24)7-5-8-17(18)20(23-21)16-10-14-6-3-4-9-19(14)22-12-16/h3-10,12,24H,11,13H2,1-2H3. The molecule has 0 saturated carbocycles. The van der Waals surface area contributed by atoms with Crippen LogP contribution in [-0.4, -0.2) is 21.3 Å². The maximum absolute atomic E-state index is 9.71. The number of hydrogen-bond donors (Lipinski definition) is 1. The first-order valence-corrected chi connectivity index (χ1v) is 8.24. The summed E-state index contributed by atoms with van der Waals surface area (Å²) >= 11 is 0. The minimum atomic E-state index is -0.195. The molecule has 0 atom stereocenters. The first-order chi connectivity index (χ1) is 11.6. The lowest BCUT2D eigenvalue weighted by Crippen LogP contribution is -2.30. The molecular weight excluding hydrogens is 296 g/mol. The van der Waals surface area contributed by atoms with Crippen molar-refractivity contribution in [2.75, 3.05) is 0 Å². The zero-order chi connectivity index (χ0) is 16.7. The van der Waals surface area contributed by atoms with E-state index in [9.17, 15) is 5.11 Å². The first kappa shape index (κ1) is 15.0. The molecule has 0 aliphatic carbocycles. The summed E-state index contributed by atoms with van der Waals surface area (Å²) in [6.07, 6.45) is 2.74. The highest BCUT2D eigenvalue weighted by Gasteiger charge is 2.29. The lowest BCUT2D eigenvalue weighted by Gasteiger charge is -2.30. The van der Waals surface area contributed by atoms with Gasteiger partial charge in [0, 0.05) is 22.7 Å². The number of hydrogen-bond acceptors (Lipinski definition) is 3. The minimum absolute atomic E-state index is 0.0580. The van der Waals surface area contributed by atoms with Crippen LogP contribution in [0.2, 0.25) is 0 Å². The van der Waals surface area contributed by atoms with Gasteiger partial charge in [0.1, 0.15) is 0 Å². The SMILES string of the molecule is CC1(C)Cc2c(CO)cccc2C(c2cnc3ccccc3c2)=N1. The van der Waals surface area contributed by atoms with Crippen LogP contribution < -0.4 is 0 Å². The van der Waals surface area contributed by atoms with Crippen molar-refractivity contribution in [2.24, 2.45) is 4.99 Å². The fourth-order valence-corrected chi connectivity index (χ4v) is 3.47. The minimum Gasteiger partial charge on any atom is -0.392 e. The molecule has 0 fully saturated rings. The third-order valence-corrected chi connectivity index (χ3v) is 4.59. The highest BCUT2D eigenvalue weighted by Crippen LogP contribution is 2.32. The van der Waals surface area contributed by atoms with Gasteiger partial charge >= 0.3 is 0 Å². The maximum atomic E-state index is 9.71. The van der Waals surface area contributed by atoms with Gasteiger partial charge in [-0.05, 0) is 43.5 Å². The molecule has 3 aromatic rings. The second-order valence-corrected chi connectivity index (χ2v) is 6.97. The number of para-hydroxylation sites is 1. The molecule has 1 aliphatic heterocycles. The Labute approximate surface area is 141 Å². The van der Waals surface area contributed by atoms with E-state index in [1.807, 2.05) is 36.5 Å². The van der Waals surface area contributed by atoms with E-state index < -0.39 is 0 Å². The molecule has 1 aliphatic rings. The highest BCUT2D eigenvalue weighted by molar-refractivity contribution is 6.15. The molecule has 120 valence electrons. The number of benzene rings is 2. The predicted molar refractivity (Wildman–Crippen MR) is 97.5 cm³/mol. The zero-order valence-corrected chi connectivity index (χ0v) is 14.0. The van der Waals surface area contributed by atoms with Gasteiger partial charge in [-0.2, -0.15) is 0 Å². The van der Waals surface area contributed by atoms with E-state index in [0.717, 1.165) is 39.7 Å². The molecule has 2 aromatic carbocycles. The number of nitrogens with zero attached hydrogens (tertiary/aromatic N) is 2. The number of rotatable bonds is 2. The molecule has 3 heteroatoms. The molecule has 0 saturated heterocycles. The van der Waals surface area contributed by atoms with Gasteiger partial charge in [-0.3, -0.25) is 9.98 Å². The first-order valence-electron chi connectivity index (χ1n) is 8.24. The van der Waals surface area contributed by atoms with E-state index in [1.165, 1.54) is 5.56 Å². The monoisotopic (exact) mass is 316 g/mol. The smallest absolute Gasteiger partial charge is 0.0744 e. The molecule has 3 nitrogen and oxygen atoms in total. The van der Waals surface area contributed by atoms with Crippen LogP contribution in [0.4, 0.5) is 0 Å². The van der Waals surface area contributed by atoms with Gasteiger partial charge in [0.05, 0.1) is 23.4 Å². The Kier molecular flexibility index (Phi) is 3.47. The lowest BCUT2D eigenvalue weighted by molar-refractivity contribution is 0.279. The van der Waals surface area contributed by atoms with Gasteiger partial charge in [0.2, 0.25) is 0 Å². The van der Waals surface area contributed by atoms with E-state index >= 15 is 0 Å². The largest absolute Gasteiger partial charge is 0.392 e. The second kappa shape index (κ2) is 5.53. The molecule has 2 heterocycles. The van der Waals surface area contributed by atoms with E-state index in [-0.39, 0.29) is 12.1 Å². The van der Waals surface area contributed by atoms with Crippen molar-refractivity contribution in [2.45, 2.75) is 32.4 Å². The van der Waals surface area contributed by atoms with E-state index in [4.69, 9.17) is 4.99 Å². The average molecular weight is 316 g/mol. The van der Waals surface area contributed by atoms with Gasteiger partial charge in [0.15, 0.2) is 0 Å². The van der Waals surface area contributed by atoms with Gasteiger partial charge in [0.25, 0.3) is 0 Å². The Balaban J connectivity index is 1.94. The third kappa shape index (κ3) is 2.51. The predicted octanol–water partition coefficient (Wildman–Crippen LogP) is 3.90. The number of aromatic nitrogens is 1. The van der Waals surface area contributed by atoms with Gasteiger partial charge < -0.3 is 5.11 Å². The summed E-state index contributed by atoms with van der Waals surface area (Å²) in [6.45, 7) is 4.33. The Bertz CT molecular complexity index is 957. The topological polar surface area (TPSA) is 45.5 Å². The second-order valence-electron chi connectivity index (χ2n) is 6.97. The molecule has 4 rings (SSSR count). The molecule has 1 N–H and O–H groups in total. The fraction of sp³-hybridized carbons (Fsp3) is 0.238. The van der Waals surface area contributed by atoms with E-state index in [2.05, 4.69) is 37.0 Å². The van der Waals surface area contributed by atoms with Gasteiger partial charge in [-0.15, -0.1) is 0 Å². The number of aliphatic imine (C=N–C) groups is 1. The third-order valence-electron chi connectivity index (χ3n) is 4.59. The van der Waals surface area contributed by atoms with Crippen molar-refractivity contribution in [3.63, 3.8) is 0 Å². The Morgan fingerprint density at radius 1 is 1.08 bits per heavy atom. The van der Waals surface area contributed by atoms with Crippen molar-refractivity contribution in [1.82, 2.24) is 4.98 Å². The number of aliphatic hydroxyl groups is 1. The number of fused-ring (bicyclic) bond motifs is 2. The van der Waals surface area contributed by atoms with Gasteiger partial charge in [-0.1, -0.05) is 36.4 Å². The van der Waals surface area contributed by atoms with Crippen LogP contribution in [0.25, 0.3) is 10.9 Å². The van der Waals surface area contributed by atoms with E-state index in [1.54, 1.807) is 0 Å². The van der Waals surface area contributed by atoms with Crippen molar-refractivity contribution in [3.8, 4) is 0 Å². The Hall–Kier alpha value is -2.52. The summed E-state index contributed by atoms with van der Waals surface area (Å²) in [5.41, 5.74) is 6.08. The molecule has 0 radical (unpaired) electrons. The van der Waals surface area contributed by atoms with E-state index in [0.29, 0.717) is 0 Å². The highest BCUT2D eigenvalue weighted by atomic mass is 16.3. The Morgan fingerprint density at radius 3 is 2.75 bits per heavy atom. The maximum Gasteiger partial charge on any atom is 0.0744 e. The van der Waals surface area contributed by atoms with Crippen LogP contribution in [0.5, 0.6) is 0 Å². The molecule has 0 unspecified atom stereocenters. The van der Waals surface area contributed by atoms with Crippen molar-refractivity contribution < 1.29 is 5.11 Å². The zero-order valence-electron chi connectivity index (χ0n) is 14.0.